The van der Waals surface area contributed by atoms with Gasteiger partial charge in [0.05, 0.1) is 13.2 Å². The first-order chi connectivity index (χ1) is 10.1. The second-order valence-corrected chi connectivity index (χ2v) is 4.91. The molecule has 0 amide bonds. The molecular weight excluding hydrogens is 268 g/mol. The van der Waals surface area contributed by atoms with Crippen molar-refractivity contribution in [2.45, 2.75) is 40.2 Å². The van der Waals surface area contributed by atoms with Crippen LogP contribution in [-0.4, -0.2) is 25.0 Å². The first-order valence-electron chi connectivity index (χ1n) is 7.42. The third-order valence-corrected chi connectivity index (χ3v) is 3.75. The Morgan fingerprint density at radius 3 is 2.19 bits per heavy atom. The lowest BCUT2D eigenvalue weighted by molar-refractivity contribution is -0.162. The van der Waals surface area contributed by atoms with Crippen molar-refractivity contribution in [3.8, 4) is 0 Å². The molecule has 0 N–H and O–H groups in total. The van der Waals surface area contributed by atoms with Gasteiger partial charge in [0.1, 0.15) is 12.0 Å². The molecule has 0 saturated carbocycles. The maximum absolute atomic E-state index is 12.4. The zero-order valence-corrected chi connectivity index (χ0v) is 13.1. The second kappa shape index (κ2) is 8.57. The molecule has 0 aromatic heterocycles. The summed E-state index contributed by atoms with van der Waals surface area (Å²) in [6.45, 7) is 5.96. The van der Waals surface area contributed by atoms with E-state index in [9.17, 15) is 9.59 Å². The highest BCUT2D eigenvalue weighted by atomic mass is 16.5. The largest absolute Gasteiger partial charge is 0.465 e. The smallest absolute Gasteiger partial charge is 0.319 e. The topological polar surface area (TPSA) is 52.6 Å². The van der Waals surface area contributed by atoms with Crippen molar-refractivity contribution >= 4 is 11.8 Å². The molecule has 116 valence electrons. The maximum atomic E-state index is 12.4. The lowest BCUT2D eigenvalue weighted by Crippen LogP contribution is -2.42. The molecule has 0 fully saturated rings. The molecule has 4 heteroatoms. The lowest BCUT2D eigenvalue weighted by Gasteiger charge is -2.27. The summed E-state index contributed by atoms with van der Waals surface area (Å²) < 4.78 is 10.5. The van der Waals surface area contributed by atoms with Gasteiger partial charge in [-0.1, -0.05) is 44.2 Å². The van der Waals surface area contributed by atoms with Gasteiger partial charge in [-0.25, -0.2) is 0 Å². The van der Waals surface area contributed by atoms with Crippen LogP contribution in [-0.2, 0) is 25.7 Å². The van der Waals surface area contributed by atoms with Crippen LogP contribution in [0.3, 0.4) is 0 Å². The van der Waals surface area contributed by atoms with Crippen LogP contribution in [0.4, 0.5) is 0 Å². The van der Waals surface area contributed by atoms with E-state index in [2.05, 4.69) is 0 Å². The molecule has 0 heterocycles. The molecule has 0 saturated heterocycles. The molecule has 4 nitrogen and oxygen atoms in total. The van der Waals surface area contributed by atoms with E-state index in [0.29, 0.717) is 19.4 Å². The van der Waals surface area contributed by atoms with Crippen molar-refractivity contribution in [3.63, 3.8) is 0 Å². The van der Waals surface area contributed by atoms with Crippen LogP contribution in [0.1, 0.15) is 39.2 Å². The Morgan fingerprint density at radius 2 is 1.67 bits per heavy atom. The highest BCUT2D eigenvalue weighted by Crippen LogP contribution is 2.29. The summed E-state index contributed by atoms with van der Waals surface area (Å²) in [6, 6.07) is 9.63. The number of esters is 1. The van der Waals surface area contributed by atoms with Gasteiger partial charge >= 0.3 is 5.97 Å². The van der Waals surface area contributed by atoms with Crippen molar-refractivity contribution in [1.29, 1.82) is 0 Å². The lowest BCUT2D eigenvalue weighted by atomic mass is 9.78. The summed E-state index contributed by atoms with van der Waals surface area (Å²) in [7, 11) is 0. The van der Waals surface area contributed by atoms with E-state index in [0.717, 1.165) is 5.56 Å². The maximum Gasteiger partial charge on any atom is 0.319 e. The molecule has 1 aromatic carbocycles. The molecule has 0 aliphatic heterocycles. The van der Waals surface area contributed by atoms with Crippen LogP contribution >= 0.6 is 0 Å². The molecule has 0 aliphatic rings. The number of Topliss-reactive ketones (excluding diaryl/α,β-unsaturated/α-hetero) is 1. The second-order valence-electron chi connectivity index (χ2n) is 4.91. The summed E-state index contributed by atoms with van der Waals surface area (Å²) in [5, 5.41) is 0. The van der Waals surface area contributed by atoms with Crippen LogP contribution in [0.5, 0.6) is 0 Å². The van der Waals surface area contributed by atoms with Crippen LogP contribution in [0, 0.1) is 5.41 Å². The van der Waals surface area contributed by atoms with Gasteiger partial charge in [-0.05, 0) is 25.3 Å². The van der Waals surface area contributed by atoms with E-state index < -0.39 is 11.4 Å². The first-order valence-corrected chi connectivity index (χ1v) is 7.42. The summed E-state index contributed by atoms with van der Waals surface area (Å²) in [6.07, 6.45) is 0.853. The standard InChI is InChI=1S/C17H24O4/c1-4-17(5-2,16(19)21-6-3)15(18)13-20-12-14-10-8-7-9-11-14/h7-11H,4-6,12-13H2,1-3H3. The van der Waals surface area contributed by atoms with Gasteiger partial charge in [-0.2, -0.15) is 0 Å². The van der Waals surface area contributed by atoms with Crippen LogP contribution in [0.2, 0.25) is 0 Å². The van der Waals surface area contributed by atoms with E-state index >= 15 is 0 Å². The highest BCUT2D eigenvalue weighted by molar-refractivity contribution is 6.04. The number of hydrogen-bond acceptors (Lipinski definition) is 4. The molecular formula is C17H24O4. The van der Waals surface area contributed by atoms with E-state index in [4.69, 9.17) is 9.47 Å². The minimum absolute atomic E-state index is 0.0740. The van der Waals surface area contributed by atoms with E-state index in [1.54, 1.807) is 6.92 Å². The fourth-order valence-electron chi connectivity index (χ4n) is 2.29. The molecule has 0 unspecified atom stereocenters. The van der Waals surface area contributed by atoms with Gasteiger partial charge in [0.15, 0.2) is 5.78 Å². The number of benzene rings is 1. The number of ketones is 1. The number of carbonyl (C=O) groups excluding carboxylic acids is 2. The quantitative estimate of drug-likeness (QED) is 0.518. The Hall–Kier alpha value is -1.68. The molecule has 0 bridgehead atoms. The fourth-order valence-corrected chi connectivity index (χ4v) is 2.29. The van der Waals surface area contributed by atoms with Crippen LogP contribution in [0.15, 0.2) is 30.3 Å². The minimum Gasteiger partial charge on any atom is -0.465 e. The van der Waals surface area contributed by atoms with Gasteiger partial charge in [0.2, 0.25) is 0 Å². The third-order valence-electron chi connectivity index (χ3n) is 3.75. The van der Waals surface area contributed by atoms with Gasteiger partial charge in [0.25, 0.3) is 0 Å². The molecule has 21 heavy (non-hydrogen) atoms. The van der Waals surface area contributed by atoms with Crippen molar-refractivity contribution < 1.29 is 19.1 Å². The van der Waals surface area contributed by atoms with Crippen molar-refractivity contribution in [1.82, 2.24) is 0 Å². The number of rotatable bonds is 9. The highest BCUT2D eigenvalue weighted by Gasteiger charge is 2.43. The third kappa shape index (κ3) is 4.39. The van der Waals surface area contributed by atoms with E-state index in [-0.39, 0.29) is 19.0 Å². The van der Waals surface area contributed by atoms with Gasteiger partial charge in [-0.3, -0.25) is 9.59 Å². The summed E-state index contributed by atoms with van der Waals surface area (Å²) >= 11 is 0. The first kappa shape index (κ1) is 17.4. The molecule has 0 aliphatic carbocycles. The fraction of sp³-hybridized carbons (Fsp3) is 0.529. The summed E-state index contributed by atoms with van der Waals surface area (Å²) in [5.74, 6) is -0.648. The molecule has 1 aromatic rings. The zero-order chi connectivity index (χ0) is 15.7. The van der Waals surface area contributed by atoms with E-state index in [1.165, 1.54) is 0 Å². The minimum atomic E-state index is -1.08. The van der Waals surface area contributed by atoms with Gasteiger partial charge in [0, 0.05) is 0 Å². The Labute approximate surface area is 126 Å². The summed E-state index contributed by atoms with van der Waals surface area (Å²) in [4.78, 5) is 24.5. The van der Waals surface area contributed by atoms with Crippen LogP contribution < -0.4 is 0 Å². The van der Waals surface area contributed by atoms with Gasteiger partial charge in [-0.15, -0.1) is 0 Å². The molecule has 0 spiro atoms. The predicted octanol–water partition coefficient (Wildman–Crippen LogP) is 3.14. The zero-order valence-electron chi connectivity index (χ0n) is 13.1. The van der Waals surface area contributed by atoms with Gasteiger partial charge < -0.3 is 9.47 Å². The van der Waals surface area contributed by atoms with Crippen molar-refractivity contribution in [3.05, 3.63) is 35.9 Å². The molecule has 1 rings (SSSR count). The average molecular weight is 292 g/mol. The Balaban J connectivity index is 2.63. The SMILES string of the molecule is CCOC(=O)C(CC)(CC)C(=O)COCc1ccccc1. The molecule has 0 atom stereocenters. The monoisotopic (exact) mass is 292 g/mol. The average Bonchev–Trinajstić information content (AvgIpc) is 2.50. The predicted molar refractivity (Wildman–Crippen MR) is 80.8 cm³/mol. The van der Waals surface area contributed by atoms with Crippen LogP contribution in [0.25, 0.3) is 0 Å². The number of ether oxygens (including phenoxy) is 2. The summed E-state index contributed by atoms with van der Waals surface area (Å²) in [5.41, 5.74) is -0.0767. The number of hydrogen-bond donors (Lipinski definition) is 0. The Bertz CT molecular complexity index is 449. The normalized spacial score (nSPS) is 11.2. The van der Waals surface area contributed by atoms with E-state index in [1.807, 2.05) is 44.2 Å². The Kier molecular flexibility index (Phi) is 7.09. The van der Waals surface area contributed by atoms with Crippen molar-refractivity contribution in [2.75, 3.05) is 13.2 Å². The molecule has 0 radical (unpaired) electrons. The Morgan fingerprint density at radius 1 is 1.05 bits per heavy atom. The van der Waals surface area contributed by atoms with Crippen molar-refractivity contribution in [2.24, 2.45) is 5.41 Å². The number of carbonyl (C=O) groups is 2.